The minimum Gasteiger partial charge on any atom is -0.336 e. The number of imidazole rings is 1. The van der Waals surface area contributed by atoms with E-state index in [0.29, 0.717) is 12.1 Å². The summed E-state index contributed by atoms with van der Waals surface area (Å²) < 4.78 is 16.3. The van der Waals surface area contributed by atoms with Gasteiger partial charge in [0.15, 0.2) is 0 Å². The molecule has 96 valence electrons. The fraction of sp³-hybridized carbons (Fsp3) is 0.308. The van der Waals surface area contributed by atoms with Crippen molar-refractivity contribution in [2.24, 2.45) is 0 Å². The van der Waals surface area contributed by atoms with Crippen molar-refractivity contribution in [3.05, 3.63) is 52.8 Å². The van der Waals surface area contributed by atoms with Crippen LogP contribution in [0.2, 0.25) is 0 Å². The Hall–Kier alpha value is -1.20. The maximum atomic E-state index is 13.6. The fourth-order valence-electron chi connectivity index (χ4n) is 1.72. The molecule has 0 fully saturated rings. The molecule has 3 nitrogen and oxygen atoms in total. The van der Waals surface area contributed by atoms with Crippen LogP contribution in [-0.4, -0.2) is 15.6 Å². The molecular weight excluding hydrogens is 297 g/mol. The van der Waals surface area contributed by atoms with Crippen LogP contribution in [0.4, 0.5) is 4.39 Å². The molecule has 2 rings (SSSR count). The van der Waals surface area contributed by atoms with Crippen molar-refractivity contribution in [1.29, 1.82) is 0 Å². The molecule has 1 aromatic carbocycles. The molecule has 0 bridgehead atoms. The fourth-order valence-corrected chi connectivity index (χ4v) is 2.06. The molecule has 0 aliphatic heterocycles. The van der Waals surface area contributed by atoms with E-state index in [1.807, 2.05) is 16.8 Å². The van der Waals surface area contributed by atoms with Gasteiger partial charge in [-0.25, -0.2) is 9.37 Å². The third kappa shape index (κ3) is 3.65. The molecule has 1 unspecified atom stereocenters. The van der Waals surface area contributed by atoms with Crippen LogP contribution >= 0.6 is 15.9 Å². The van der Waals surface area contributed by atoms with Crippen LogP contribution in [-0.2, 0) is 13.1 Å². The summed E-state index contributed by atoms with van der Waals surface area (Å²) in [6, 6.07) is 5.37. The van der Waals surface area contributed by atoms with Crippen molar-refractivity contribution in [1.82, 2.24) is 14.9 Å². The van der Waals surface area contributed by atoms with Gasteiger partial charge in [-0.05, 0) is 19.1 Å². The zero-order valence-corrected chi connectivity index (χ0v) is 11.7. The van der Waals surface area contributed by atoms with Crippen molar-refractivity contribution in [2.75, 3.05) is 0 Å². The number of halogens is 2. The van der Waals surface area contributed by atoms with Crippen LogP contribution in [0.25, 0.3) is 0 Å². The SMILES string of the molecule is CC(Cn1ccnc1)NCc1ccc(Br)cc1F. The average Bonchev–Trinajstić information content (AvgIpc) is 2.80. The molecule has 2 aromatic rings. The highest BCUT2D eigenvalue weighted by molar-refractivity contribution is 9.10. The first-order valence-corrected chi connectivity index (χ1v) is 6.57. The predicted molar refractivity (Wildman–Crippen MR) is 72.6 cm³/mol. The highest BCUT2D eigenvalue weighted by atomic mass is 79.9. The summed E-state index contributed by atoms with van der Waals surface area (Å²) in [6.07, 6.45) is 5.44. The number of nitrogens with zero attached hydrogens (tertiary/aromatic N) is 2. The highest BCUT2D eigenvalue weighted by Crippen LogP contribution is 2.15. The van der Waals surface area contributed by atoms with E-state index in [-0.39, 0.29) is 11.9 Å². The summed E-state index contributed by atoms with van der Waals surface area (Å²) in [6.45, 7) is 3.41. The lowest BCUT2D eigenvalue weighted by Gasteiger charge is -2.14. The maximum absolute atomic E-state index is 13.6. The second kappa shape index (κ2) is 6.11. The molecular formula is C13H15BrFN3. The molecule has 18 heavy (non-hydrogen) atoms. The molecule has 0 aliphatic carbocycles. The van der Waals surface area contributed by atoms with Gasteiger partial charge in [-0.15, -0.1) is 0 Å². The number of hydrogen-bond acceptors (Lipinski definition) is 2. The number of aromatic nitrogens is 2. The van der Waals surface area contributed by atoms with Gasteiger partial charge in [0.05, 0.1) is 6.33 Å². The smallest absolute Gasteiger partial charge is 0.128 e. The Bertz CT molecular complexity index is 499. The summed E-state index contributed by atoms with van der Waals surface area (Å²) in [5.74, 6) is -0.188. The summed E-state index contributed by atoms with van der Waals surface area (Å²) >= 11 is 3.25. The molecule has 1 aromatic heterocycles. The number of nitrogens with one attached hydrogen (secondary N) is 1. The van der Waals surface area contributed by atoms with Gasteiger partial charge in [-0.1, -0.05) is 22.0 Å². The first-order valence-electron chi connectivity index (χ1n) is 5.78. The van der Waals surface area contributed by atoms with Crippen LogP contribution < -0.4 is 5.32 Å². The molecule has 5 heteroatoms. The van der Waals surface area contributed by atoms with E-state index in [9.17, 15) is 4.39 Å². The molecule has 0 saturated heterocycles. The lowest BCUT2D eigenvalue weighted by molar-refractivity contribution is 0.468. The normalized spacial score (nSPS) is 12.6. The molecule has 1 N–H and O–H groups in total. The van der Waals surface area contributed by atoms with Gasteiger partial charge in [-0.3, -0.25) is 0 Å². The van der Waals surface area contributed by atoms with E-state index in [1.54, 1.807) is 18.6 Å². The largest absolute Gasteiger partial charge is 0.336 e. The van der Waals surface area contributed by atoms with Gasteiger partial charge in [0.25, 0.3) is 0 Å². The van der Waals surface area contributed by atoms with Crippen molar-refractivity contribution in [2.45, 2.75) is 26.1 Å². The van der Waals surface area contributed by atoms with Crippen molar-refractivity contribution in [3.8, 4) is 0 Å². The van der Waals surface area contributed by atoms with Gasteiger partial charge in [-0.2, -0.15) is 0 Å². The minimum absolute atomic E-state index is 0.188. The maximum Gasteiger partial charge on any atom is 0.128 e. The zero-order chi connectivity index (χ0) is 13.0. The highest BCUT2D eigenvalue weighted by Gasteiger charge is 2.06. The van der Waals surface area contributed by atoms with E-state index >= 15 is 0 Å². The topological polar surface area (TPSA) is 29.9 Å². The molecule has 0 radical (unpaired) electrons. The second-order valence-corrected chi connectivity index (χ2v) is 5.19. The van der Waals surface area contributed by atoms with Crippen LogP contribution in [0.5, 0.6) is 0 Å². The minimum atomic E-state index is -0.188. The van der Waals surface area contributed by atoms with Crippen molar-refractivity contribution >= 4 is 15.9 Å². The summed E-state index contributed by atoms with van der Waals surface area (Å²) in [4.78, 5) is 3.99. The van der Waals surface area contributed by atoms with Gasteiger partial charge < -0.3 is 9.88 Å². The Kier molecular flexibility index (Phi) is 4.49. The van der Waals surface area contributed by atoms with Gasteiger partial charge in [0.2, 0.25) is 0 Å². The monoisotopic (exact) mass is 311 g/mol. The molecule has 0 aliphatic rings. The van der Waals surface area contributed by atoms with E-state index in [2.05, 4.69) is 33.2 Å². The molecule has 1 heterocycles. The van der Waals surface area contributed by atoms with Crippen LogP contribution in [0.15, 0.2) is 41.4 Å². The van der Waals surface area contributed by atoms with Crippen molar-refractivity contribution < 1.29 is 4.39 Å². The number of rotatable bonds is 5. The Morgan fingerprint density at radius 2 is 2.33 bits per heavy atom. The quantitative estimate of drug-likeness (QED) is 0.920. The lowest BCUT2D eigenvalue weighted by Crippen LogP contribution is -2.29. The second-order valence-electron chi connectivity index (χ2n) is 4.28. The van der Waals surface area contributed by atoms with E-state index < -0.39 is 0 Å². The van der Waals surface area contributed by atoms with Gasteiger partial charge in [0, 0.05) is 41.6 Å². The molecule has 1 atom stereocenters. The number of benzene rings is 1. The first-order chi connectivity index (χ1) is 8.65. The molecule has 0 saturated carbocycles. The Labute approximate surface area is 114 Å². The molecule has 0 spiro atoms. The molecule has 0 amide bonds. The van der Waals surface area contributed by atoms with Crippen LogP contribution in [0.1, 0.15) is 12.5 Å². The van der Waals surface area contributed by atoms with Crippen LogP contribution in [0.3, 0.4) is 0 Å². The Morgan fingerprint density at radius 3 is 3.00 bits per heavy atom. The lowest BCUT2D eigenvalue weighted by atomic mass is 10.2. The van der Waals surface area contributed by atoms with E-state index in [0.717, 1.165) is 11.0 Å². The standard InChI is InChI=1S/C13H15BrFN3/c1-10(8-18-5-4-16-9-18)17-7-11-2-3-12(14)6-13(11)15/h2-6,9-10,17H,7-8H2,1H3. The van der Waals surface area contributed by atoms with Crippen molar-refractivity contribution in [3.63, 3.8) is 0 Å². The Balaban J connectivity index is 1.87. The van der Waals surface area contributed by atoms with Gasteiger partial charge in [0.1, 0.15) is 5.82 Å². The zero-order valence-electron chi connectivity index (χ0n) is 10.1. The number of hydrogen-bond donors (Lipinski definition) is 1. The Morgan fingerprint density at radius 1 is 1.50 bits per heavy atom. The first kappa shape index (κ1) is 13.2. The third-order valence-corrected chi connectivity index (χ3v) is 3.19. The predicted octanol–water partition coefficient (Wildman–Crippen LogP) is 2.96. The van der Waals surface area contributed by atoms with E-state index in [1.165, 1.54) is 6.07 Å². The van der Waals surface area contributed by atoms with Gasteiger partial charge >= 0.3 is 0 Å². The average molecular weight is 312 g/mol. The summed E-state index contributed by atoms with van der Waals surface area (Å²) in [5, 5.41) is 3.29. The summed E-state index contributed by atoms with van der Waals surface area (Å²) in [7, 11) is 0. The van der Waals surface area contributed by atoms with Crippen LogP contribution in [0, 0.1) is 5.82 Å². The van der Waals surface area contributed by atoms with E-state index in [4.69, 9.17) is 0 Å². The third-order valence-electron chi connectivity index (χ3n) is 2.70. The summed E-state index contributed by atoms with van der Waals surface area (Å²) in [5.41, 5.74) is 0.677.